The summed E-state index contributed by atoms with van der Waals surface area (Å²) in [6.07, 6.45) is 1.72. The predicted molar refractivity (Wildman–Crippen MR) is 70.2 cm³/mol. The van der Waals surface area contributed by atoms with Gasteiger partial charge in [0.05, 0.1) is 12.9 Å². The Morgan fingerprint density at radius 3 is 2.80 bits per heavy atom. The van der Waals surface area contributed by atoms with E-state index < -0.39 is 0 Å². The van der Waals surface area contributed by atoms with Gasteiger partial charge in [0.25, 0.3) is 0 Å². The number of imidazole rings is 1. The van der Waals surface area contributed by atoms with E-state index in [1.54, 1.807) is 6.33 Å². The third-order valence-electron chi connectivity index (χ3n) is 1.50. The number of carbonyl (C=O) groups is 1. The summed E-state index contributed by atoms with van der Waals surface area (Å²) in [6, 6.07) is 0. The van der Waals surface area contributed by atoms with Gasteiger partial charge in [-0.25, -0.2) is 4.98 Å². The summed E-state index contributed by atoms with van der Waals surface area (Å²) in [5, 5.41) is 0. The fraction of sp³-hybridized carbons (Fsp3) is 0.500. The van der Waals surface area contributed by atoms with Crippen molar-refractivity contribution < 1.29 is 14.3 Å². The largest absolute Gasteiger partial charge is 0.463 e. The average Bonchev–Trinajstić information content (AvgIpc) is 2.48. The Labute approximate surface area is 115 Å². The number of rotatable bonds is 5. The molecule has 0 aliphatic rings. The van der Waals surface area contributed by atoms with Crippen LogP contribution in [0.4, 0.5) is 0 Å². The first-order valence-electron chi connectivity index (χ1n) is 4.18. The van der Waals surface area contributed by atoms with Crippen LogP contribution in [0.25, 0.3) is 0 Å². The molecule has 0 saturated carbocycles. The van der Waals surface area contributed by atoms with Crippen molar-refractivity contribution in [2.45, 2.75) is 13.7 Å². The summed E-state index contributed by atoms with van der Waals surface area (Å²) < 4.78 is 13.9. The van der Waals surface area contributed by atoms with Gasteiger partial charge in [0.15, 0.2) is 0 Å². The number of hydrogen-bond donors (Lipinski definition) is 0. The van der Waals surface area contributed by atoms with Crippen LogP contribution in [0.15, 0.2) is 6.33 Å². The lowest BCUT2D eigenvalue weighted by Gasteiger charge is -2.06. The molecule has 15 heavy (non-hydrogen) atoms. The molecule has 0 atom stereocenters. The minimum absolute atomic E-state index is 0.287. The highest BCUT2D eigenvalue weighted by Crippen LogP contribution is 2.12. The van der Waals surface area contributed by atoms with Crippen LogP contribution in [0.5, 0.6) is 0 Å². The van der Waals surface area contributed by atoms with Crippen LogP contribution in [0.1, 0.15) is 6.92 Å². The molecule has 0 N–H and O–H groups in total. The van der Waals surface area contributed by atoms with E-state index in [4.69, 9.17) is 9.47 Å². The van der Waals surface area contributed by atoms with Crippen LogP contribution in [-0.4, -0.2) is 28.7 Å². The zero-order chi connectivity index (χ0) is 11.3. The van der Waals surface area contributed by atoms with Crippen LogP contribution in [0.2, 0.25) is 0 Å². The van der Waals surface area contributed by atoms with Gasteiger partial charge in [-0.2, -0.15) is 0 Å². The van der Waals surface area contributed by atoms with Gasteiger partial charge in [0.1, 0.15) is 20.7 Å². The van der Waals surface area contributed by atoms with Crippen LogP contribution in [0, 0.1) is 7.40 Å². The number of hydrogen-bond acceptors (Lipinski definition) is 4. The zero-order valence-electron chi connectivity index (χ0n) is 8.07. The molecule has 0 aliphatic carbocycles. The summed E-state index contributed by atoms with van der Waals surface area (Å²) in [7, 11) is 0. The molecule has 1 heterocycles. The van der Waals surface area contributed by atoms with Crippen molar-refractivity contribution >= 4 is 51.2 Å². The fourth-order valence-electron chi connectivity index (χ4n) is 0.840. The van der Waals surface area contributed by atoms with E-state index in [-0.39, 0.29) is 12.6 Å². The second-order valence-corrected chi connectivity index (χ2v) is 4.72. The molecule has 0 aliphatic heterocycles. The lowest BCUT2D eigenvalue weighted by Crippen LogP contribution is -2.10. The van der Waals surface area contributed by atoms with Crippen LogP contribution in [0.3, 0.4) is 0 Å². The standard InChI is InChI=1S/C8H10I2N2O3/c1-6(13)15-3-2-14-5-12-4-11-7(9)8(12)10/h4H,2-3,5H2,1H3. The van der Waals surface area contributed by atoms with Crippen molar-refractivity contribution in [2.75, 3.05) is 13.2 Å². The molecule has 1 aromatic heterocycles. The second-order valence-electron chi connectivity index (χ2n) is 2.67. The summed E-state index contributed by atoms with van der Waals surface area (Å²) in [6.45, 7) is 2.48. The lowest BCUT2D eigenvalue weighted by molar-refractivity contribution is -0.142. The molecule has 0 bridgehead atoms. The van der Waals surface area contributed by atoms with Gasteiger partial charge in [0.2, 0.25) is 0 Å². The van der Waals surface area contributed by atoms with Gasteiger partial charge in [-0.3, -0.25) is 4.79 Å². The highest BCUT2D eigenvalue weighted by atomic mass is 127. The Morgan fingerprint density at radius 1 is 1.53 bits per heavy atom. The third kappa shape index (κ3) is 4.64. The zero-order valence-corrected chi connectivity index (χ0v) is 12.4. The van der Waals surface area contributed by atoms with E-state index in [2.05, 4.69) is 50.2 Å². The number of esters is 1. The van der Waals surface area contributed by atoms with Gasteiger partial charge in [-0.1, -0.05) is 0 Å². The van der Waals surface area contributed by atoms with Crippen molar-refractivity contribution in [3.63, 3.8) is 0 Å². The molecule has 7 heteroatoms. The van der Waals surface area contributed by atoms with E-state index in [0.29, 0.717) is 13.3 Å². The van der Waals surface area contributed by atoms with Crippen molar-refractivity contribution in [1.29, 1.82) is 0 Å². The molecule has 84 valence electrons. The Morgan fingerprint density at radius 2 is 2.27 bits per heavy atom. The monoisotopic (exact) mass is 436 g/mol. The van der Waals surface area contributed by atoms with Gasteiger partial charge >= 0.3 is 5.97 Å². The Kier molecular flexibility index (Phi) is 5.82. The van der Waals surface area contributed by atoms with Crippen molar-refractivity contribution in [2.24, 2.45) is 0 Å². The van der Waals surface area contributed by atoms with Gasteiger partial charge < -0.3 is 14.0 Å². The van der Waals surface area contributed by atoms with E-state index in [0.717, 1.165) is 7.40 Å². The SMILES string of the molecule is CC(=O)OCCOCn1cnc(I)c1I. The number of ether oxygens (including phenoxy) is 2. The molecule has 0 amide bonds. The Hall–Kier alpha value is 0.100. The van der Waals surface area contributed by atoms with Crippen LogP contribution >= 0.6 is 45.2 Å². The minimum Gasteiger partial charge on any atom is -0.463 e. The van der Waals surface area contributed by atoms with E-state index in [9.17, 15) is 4.79 Å². The first-order chi connectivity index (χ1) is 7.11. The first-order valence-corrected chi connectivity index (χ1v) is 6.34. The smallest absolute Gasteiger partial charge is 0.302 e. The van der Waals surface area contributed by atoms with Gasteiger partial charge in [0, 0.05) is 6.92 Å². The molecule has 0 spiro atoms. The topological polar surface area (TPSA) is 53.4 Å². The molecular weight excluding hydrogens is 426 g/mol. The third-order valence-corrected chi connectivity index (χ3v) is 4.45. The number of nitrogens with zero attached hydrogens (tertiary/aromatic N) is 2. The molecule has 1 rings (SSSR count). The van der Waals surface area contributed by atoms with Crippen LogP contribution < -0.4 is 0 Å². The average molecular weight is 436 g/mol. The number of aromatic nitrogens is 2. The van der Waals surface area contributed by atoms with Gasteiger partial charge in [-0.05, 0) is 45.2 Å². The quantitative estimate of drug-likeness (QED) is 0.401. The molecule has 0 unspecified atom stereocenters. The molecular formula is C8H10I2N2O3. The lowest BCUT2D eigenvalue weighted by atomic mass is 10.7. The molecule has 0 saturated heterocycles. The number of halogens is 2. The van der Waals surface area contributed by atoms with Gasteiger partial charge in [-0.15, -0.1) is 0 Å². The Balaban J connectivity index is 2.20. The molecule has 1 aromatic rings. The molecule has 0 fully saturated rings. The van der Waals surface area contributed by atoms with E-state index in [1.807, 2.05) is 4.57 Å². The molecule has 0 aromatic carbocycles. The fourth-order valence-corrected chi connectivity index (χ4v) is 1.68. The summed E-state index contributed by atoms with van der Waals surface area (Å²) in [5.41, 5.74) is 0. The molecule has 0 radical (unpaired) electrons. The van der Waals surface area contributed by atoms with Crippen molar-refractivity contribution in [1.82, 2.24) is 9.55 Å². The maximum atomic E-state index is 10.4. The minimum atomic E-state index is -0.287. The van der Waals surface area contributed by atoms with E-state index >= 15 is 0 Å². The van der Waals surface area contributed by atoms with E-state index in [1.165, 1.54) is 6.92 Å². The molecule has 5 nitrogen and oxygen atoms in total. The number of carbonyl (C=O) groups excluding carboxylic acids is 1. The summed E-state index contributed by atoms with van der Waals surface area (Å²) >= 11 is 4.36. The van der Waals surface area contributed by atoms with Crippen LogP contribution in [-0.2, 0) is 21.0 Å². The maximum Gasteiger partial charge on any atom is 0.302 e. The second kappa shape index (κ2) is 6.63. The maximum absolute atomic E-state index is 10.4. The van der Waals surface area contributed by atoms with Crippen molar-refractivity contribution in [3.05, 3.63) is 13.7 Å². The predicted octanol–water partition coefficient (Wildman–Crippen LogP) is 1.63. The summed E-state index contributed by atoms with van der Waals surface area (Å²) in [5.74, 6) is -0.287. The Bertz CT molecular complexity index is 341. The first kappa shape index (κ1) is 13.2. The normalized spacial score (nSPS) is 10.3. The highest BCUT2D eigenvalue weighted by Gasteiger charge is 2.04. The summed E-state index contributed by atoms with van der Waals surface area (Å²) in [4.78, 5) is 14.6. The highest BCUT2D eigenvalue weighted by molar-refractivity contribution is 14.1. The van der Waals surface area contributed by atoms with Crippen molar-refractivity contribution in [3.8, 4) is 0 Å².